The van der Waals surface area contributed by atoms with Crippen LogP contribution in [0.5, 0.6) is 0 Å². The molecule has 2 saturated carbocycles. The Balaban J connectivity index is 1.39. The zero-order valence-electron chi connectivity index (χ0n) is 20.8. The van der Waals surface area contributed by atoms with Gasteiger partial charge in [0.25, 0.3) is 0 Å². The summed E-state index contributed by atoms with van der Waals surface area (Å²) in [6, 6.07) is 4.16. The van der Waals surface area contributed by atoms with Gasteiger partial charge in [-0.25, -0.2) is 4.98 Å². The number of rotatable bonds is 8. The maximum absolute atomic E-state index is 4.57. The van der Waals surface area contributed by atoms with E-state index in [0.717, 1.165) is 23.1 Å². The van der Waals surface area contributed by atoms with Crippen LogP contribution in [0.4, 0.5) is 0 Å². The predicted molar refractivity (Wildman–Crippen MR) is 137 cm³/mol. The van der Waals surface area contributed by atoms with Gasteiger partial charge in [-0.15, -0.1) is 0 Å². The van der Waals surface area contributed by atoms with E-state index in [4.69, 9.17) is 0 Å². The van der Waals surface area contributed by atoms with Crippen molar-refractivity contribution in [1.29, 1.82) is 0 Å². The summed E-state index contributed by atoms with van der Waals surface area (Å²) in [6.07, 6.45) is 23.6. The van der Waals surface area contributed by atoms with Gasteiger partial charge in [0.2, 0.25) is 0 Å². The zero-order valence-corrected chi connectivity index (χ0v) is 20.8. The summed E-state index contributed by atoms with van der Waals surface area (Å²) in [5, 5.41) is 0. The topological polar surface area (TPSA) is 12.9 Å². The van der Waals surface area contributed by atoms with E-state index >= 15 is 0 Å². The molecule has 2 aliphatic rings. The van der Waals surface area contributed by atoms with E-state index in [-0.39, 0.29) is 0 Å². The van der Waals surface area contributed by atoms with Gasteiger partial charge in [0, 0.05) is 23.6 Å². The fraction of sp³-hybridized carbons (Fsp3) is 0.710. The van der Waals surface area contributed by atoms with Crippen LogP contribution < -0.4 is 0 Å². The number of pyridine rings is 1. The molecule has 1 aromatic rings. The Bertz CT molecular complexity index is 686. The molecule has 0 aromatic carbocycles. The highest BCUT2D eigenvalue weighted by molar-refractivity contribution is 5.37. The molecule has 1 aromatic heterocycles. The molecule has 0 amide bonds. The van der Waals surface area contributed by atoms with E-state index in [1.54, 1.807) is 0 Å². The van der Waals surface area contributed by atoms with Crippen LogP contribution in [0, 0.1) is 47.4 Å². The van der Waals surface area contributed by atoms with E-state index in [0.29, 0.717) is 11.8 Å². The van der Waals surface area contributed by atoms with Crippen LogP contribution in [-0.4, -0.2) is 4.98 Å². The first-order valence-electron chi connectivity index (χ1n) is 13.8. The molecular weight excluding hydrogens is 386 g/mol. The molecule has 0 spiro atoms. The minimum Gasteiger partial charge on any atom is -0.246 e. The lowest BCUT2D eigenvalue weighted by Gasteiger charge is -2.25. The van der Waals surface area contributed by atoms with Crippen molar-refractivity contribution in [3.8, 4) is 23.7 Å². The lowest BCUT2D eigenvalue weighted by molar-refractivity contribution is 0.294. The van der Waals surface area contributed by atoms with Crippen LogP contribution in [-0.2, 0) is 0 Å². The molecule has 174 valence electrons. The first-order valence-corrected chi connectivity index (χ1v) is 13.8. The molecule has 2 aliphatic carbocycles. The Morgan fingerprint density at radius 3 is 1.69 bits per heavy atom. The maximum atomic E-state index is 4.57. The molecule has 1 heterocycles. The van der Waals surface area contributed by atoms with Crippen molar-refractivity contribution in [2.75, 3.05) is 0 Å². The summed E-state index contributed by atoms with van der Waals surface area (Å²) >= 11 is 0. The van der Waals surface area contributed by atoms with E-state index in [1.165, 1.54) is 103 Å². The van der Waals surface area contributed by atoms with Crippen LogP contribution in [0.25, 0.3) is 0 Å². The van der Waals surface area contributed by atoms with Crippen LogP contribution in [0.3, 0.4) is 0 Å². The first kappa shape index (κ1) is 24.9. The fourth-order valence-electron chi connectivity index (χ4n) is 5.46. The third-order valence-electron chi connectivity index (χ3n) is 7.71. The minimum absolute atomic E-state index is 0.566. The van der Waals surface area contributed by atoms with Crippen LogP contribution in [0.2, 0.25) is 0 Å². The molecule has 32 heavy (non-hydrogen) atoms. The number of hydrogen-bond donors (Lipinski definition) is 0. The summed E-state index contributed by atoms with van der Waals surface area (Å²) in [7, 11) is 0. The van der Waals surface area contributed by atoms with Gasteiger partial charge in [0.15, 0.2) is 0 Å². The highest BCUT2D eigenvalue weighted by Crippen LogP contribution is 2.32. The third kappa shape index (κ3) is 9.02. The lowest BCUT2D eigenvalue weighted by atomic mass is 9.80. The van der Waals surface area contributed by atoms with Crippen molar-refractivity contribution in [3.05, 3.63) is 29.6 Å². The smallest absolute Gasteiger partial charge is 0.113 e. The van der Waals surface area contributed by atoms with Crippen molar-refractivity contribution >= 4 is 0 Å². The quantitative estimate of drug-likeness (QED) is 0.297. The molecule has 0 atom stereocenters. The lowest BCUT2D eigenvalue weighted by Crippen LogP contribution is -2.13. The van der Waals surface area contributed by atoms with Gasteiger partial charge in [-0.1, -0.05) is 83.0 Å². The van der Waals surface area contributed by atoms with E-state index in [9.17, 15) is 0 Å². The molecule has 0 unspecified atom stereocenters. The average molecular weight is 432 g/mol. The van der Waals surface area contributed by atoms with Crippen molar-refractivity contribution in [3.63, 3.8) is 0 Å². The Morgan fingerprint density at radius 2 is 1.22 bits per heavy atom. The molecule has 0 saturated heterocycles. The zero-order chi connectivity index (χ0) is 22.4. The van der Waals surface area contributed by atoms with Crippen molar-refractivity contribution in [1.82, 2.24) is 4.98 Å². The Hall–Kier alpha value is -1.73. The average Bonchev–Trinajstić information content (AvgIpc) is 2.84. The molecule has 0 radical (unpaired) electrons. The van der Waals surface area contributed by atoms with Gasteiger partial charge in [-0.05, 0) is 81.3 Å². The fourth-order valence-corrected chi connectivity index (χ4v) is 5.46. The maximum Gasteiger partial charge on any atom is 0.113 e. The minimum atomic E-state index is 0.566. The number of unbranched alkanes of at least 4 members (excludes halogenated alkanes) is 4. The third-order valence-corrected chi connectivity index (χ3v) is 7.71. The van der Waals surface area contributed by atoms with E-state index in [2.05, 4.69) is 54.6 Å². The molecule has 1 nitrogen and oxygen atoms in total. The van der Waals surface area contributed by atoms with Crippen LogP contribution in [0.1, 0.15) is 128 Å². The summed E-state index contributed by atoms with van der Waals surface area (Å²) in [4.78, 5) is 4.57. The summed E-state index contributed by atoms with van der Waals surface area (Å²) in [6.45, 7) is 4.59. The molecule has 3 rings (SSSR count). The van der Waals surface area contributed by atoms with Crippen molar-refractivity contribution < 1.29 is 0 Å². The van der Waals surface area contributed by atoms with Gasteiger partial charge in [-0.2, -0.15) is 0 Å². The normalized spacial score (nSPS) is 25.3. The molecule has 0 bridgehead atoms. The Labute approximate surface area is 198 Å². The second kappa shape index (κ2) is 14.4. The number of aromatic nitrogens is 1. The van der Waals surface area contributed by atoms with E-state index < -0.39 is 0 Å². The Kier molecular flexibility index (Phi) is 11.2. The van der Waals surface area contributed by atoms with Gasteiger partial charge in [-0.3, -0.25) is 0 Å². The highest BCUT2D eigenvalue weighted by Gasteiger charge is 2.20. The summed E-state index contributed by atoms with van der Waals surface area (Å²) in [5.41, 5.74) is 1.93. The second-order valence-electron chi connectivity index (χ2n) is 10.4. The second-order valence-corrected chi connectivity index (χ2v) is 10.4. The van der Waals surface area contributed by atoms with E-state index in [1.807, 2.05) is 6.20 Å². The van der Waals surface area contributed by atoms with Gasteiger partial charge in [0.05, 0.1) is 0 Å². The Morgan fingerprint density at radius 1 is 0.688 bits per heavy atom. The molecular formula is C31H45N. The molecule has 2 fully saturated rings. The highest BCUT2D eigenvalue weighted by atomic mass is 14.7. The van der Waals surface area contributed by atoms with Crippen molar-refractivity contribution in [2.24, 2.45) is 23.7 Å². The molecule has 1 heteroatoms. The van der Waals surface area contributed by atoms with Gasteiger partial charge >= 0.3 is 0 Å². The van der Waals surface area contributed by atoms with Crippen LogP contribution in [0.15, 0.2) is 18.3 Å². The van der Waals surface area contributed by atoms with Crippen LogP contribution >= 0.6 is 0 Å². The first-order chi connectivity index (χ1) is 15.8. The summed E-state index contributed by atoms with van der Waals surface area (Å²) < 4.78 is 0. The summed E-state index contributed by atoms with van der Waals surface area (Å²) in [5.74, 6) is 16.8. The molecule has 0 aliphatic heterocycles. The monoisotopic (exact) mass is 431 g/mol. The van der Waals surface area contributed by atoms with Crippen molar-refractivity contribution in [2.45, 2.75) is 117 Å². The van der Waals surface area contributed by atoms with Gasteiger partial charge < -0.3 is 0 Å². The SMILES string of the molecule is CCCCC[C@H]1CC[C@H](C#Cc2ccc(C#C[C@H]3CC[C@H](CCCCC)CC3)nc2)CC1. The molecule has 0 N–H and O–H groups in total. The number of hydrogen-bond acceptors (Lipinski definition) is 1. The number of nitrogens with zero attached hydrogens (tertiary/aromatic N) is 1. The standard InChI is InChI=1S/C31H45N/c1-3-5-7-9-26-11-15-28(16-12-26)19-20-30-22-24-31(32-25-30)23-21-29-17-13-27(14-18-29)10-8-6-4-2/h22,24-29H,3-18H2,1-2H3/t26-,27-,28-,29-. The van der Waals surface area contributed by atoms with Gasteiger partial charge in [0.1, 0.15) is 5.69 Å². The predicted octanol–water partition coefficient (Wildman–Crippen LogP) is 8.56. The largest absolute Gasteiger partial charge is 0.246 e.